The number of halogens is 2. The van der Waals surface area contributed by atoms with Crippen molar-refractivity contribution < 1.29 is 32.6 Å². The number of hydrogen-bond acceptors (Lipinski definition) is 6. The average Bonchev–Trinajstić information content (AvgIpc) is 2.95. The van der Waals surface area contributed by atoms with E-state index in [1.54, 1.807) is 19.2 Å². The third-order valence-electron chi connectivity index (χ3n) is 6.55. The zero-order valence-electron chi connectivity index (χ0n) is 21.4. The van der Waals surface area contributed by atoms with E-state index < -0.39 is 29.1 Å². The molecule has 0 aliphatic carbocycles. The first-order chi connectivity index (χ1) is 18.4. The van der Waals surface area contributed by atoms with Crippen LogP contribution in [0.2, 0.25) is 0 Å². The Bertz CT molecular complexity index is 1240. The fraction of sp³-hybridized carbons (Fsp3) is 0.310. The number of carbonyl (C=O) groups excluding carboxylic acids is 2. The number of esters is 1. The maximum Gasteiger partial charge on any atom is 0.337 e. The smallest absolute Gasteiger partial charge is 0.337 e. The summed E-state index contributed by atoms with van der Waals surface area (Å²) in [5.41, 5.74) is 1.77. The topological polar surface area (TPSA) is 68.3 Å². The summed E-state index contributed by atoms with van der Waals surface area (Å²) in [5, 5.41) is 0. The summed E-state index contributed by atoms with van der Waals surface area (Å²) in [6, 6.07) is 18.1. The summed E-state index contributed by atoms with van der Waals surface area (Å²) in [6.45, 7) is 2.59. The fourth-order valence-electron chi connectivity index (χ4n) is 4.38. The van der Waals surface area contributed by atoms with Gasteiger partial charge in [-0.3, -0.25) is 9.69 Å². The molecular weight excluding hydrogens is 494 g/mol. The molecule has 1 atom stereocenters. The average molecular weight is 525 g/mol. The number of methoxy groups -OCH3 is 2. The number of rotatable bonds is 9. The third-order valence-corrected chi connectivity index (χ3v) is 6.55. The molecule has 0 aromatic heterocycles. The molecule has 200 valence electrons. The van der Waals surface area contributed by atoms with Crippen molar-refractivity contribution in [3.8, 4) is 5.75 Å². The number of benzene rings is 3. The highest BCUT2D eigenvalue weighted by Crippen LogP contribution is 2.25. The van der Waals surface area contributed by atoms with Crippen LogP contribution < -0.4 is 4.74 Å². The van der Waals surface area contributed by atoms with Crippen molar-refractivity contribution in [3.05, 3.63) is 101 Å². The lowest BCUT2D eigenvalue weighted by atomic mass is 10.1. The Balaban J connectivity index is 1.42. The van der Waals surface area contributed by atoms with Crippen LogP contribution in [-0.2, 0) is 16.1 Å². The predicted molar refractivity (Wildman–Crippen MR) is 137 cm³/mol. The number of amides is 1. The molecule has 1 fully saturated rings. The van der Waals surface area contributed by atoms with Gasteiger partial charge in [-0.2, -0.15) is 0 Å². The highest BCUT2D eigenvalue weighted by atomic mass is 19.1. The van der Waals surface area contributed by atoms with Crippen molar-refractivity contribution in [2.75, 3.05) is 46.9 Å². The van der Waals surface area contributed by atoms with E-state index in [0.717, 1.165) is 23.3 Å². The highest BCUT2D eigenvalue weighted by Gasteiger charge is 2.28. The normalized spacial score (nSPS) is 14.7. The molecule has 1 saturated heterocycles. The molecule has 1 amide bonds. The Morgan fingerprint density at radius 1 is 0.895 bits per heavy atom. The highest BCUT2D eigenvalue weighted by molar-refractivity contribution is 5.94. The molecule has 0 radical (unpaired) electrons. The lowest BCUT2D eigenvalue weighted by Gasteiger charge is -2.36. The Morgan fingerprint density at radius 2 is 1.55 bits per heavy atom. The maximum atomic E-state index is 14.1. The standard InChI is InChI=1S/C29H30F2N2O5/c1-36-23-6-3-5-22(17-23)26(38-19-20-9-11-21(12-10-20)29(35)37-2)18-32-13-15-33(16-14-32)28(34)27-24(30)7-4-8-25(27)31/h3-12,17,26H,13-16,18-19H2,1-2H3/t26-/m0/s1. The van der Waals surface area contributed by atoms with E-state index in [0.29, 0.717) is 50.6 Å². The zero-order chi connectivity index (χ0) is 27.1. The van der Waals surface area contributed by atoms with Gasteiger partial charge in [0.1, 0.15) is 22.9 Å². The first kappa shape index (κ1) is 27.2. The summed E-state index contributed by atoms with van der Waals surface area (Å²) >= 11 is 0. The van der Waals surface area contributed by atoms with Crippen molar-refractivity contribution in [2.24, 2.45) is 0 Å². The van der Waals surface area contributed by atoms with Crippen molar-refractivity contribution >= 4 is 11.9 Å². The summed E-state index contributed by atoms with van der Waals surface area (Å²) in [5.74, 6) is -2.05. The molecule has 38 heavy (non-hydrogen) atoms. The largest absolute Gasteiger partial charge is 0.497 e. The number of carbonyl (C=O) groups is 2. The molecule has 1 aliphatic heterocycles. The van der Waals surface area contributed by atoms with Crippen molar-refractivity contribution in [2.45, 2.75) is 12.7 Å². The SMILES string of the molecule is COC(=O)c1ccc(CO[C@@H](CN2CCN(C(=O)c3c(F)cccc3F)CC2)c2cccc(OC)c2)cc1. The van der Waals surface area contributed by atoms with Gasteiger partial charge in [0.05, 0.1) is 32.5 Å². The van der Waals surface area contributed by atoms with Crippen LogP contribution in [0.4, 0.5) is 8.78 Å². The summed E-state index contributed by atoms with van der Waals surface area (Å²) < 4.78 is 44.7. The predicted octanol–water partition coefficient (Wildman–Crippen LogP) is 4.48. The molecule has 9 heteroatoms. The first-order valence-electron chi connectivity index (χ1n) is 12.3. The lowest BCUT2D eigenvalue weighted by Crippen LogP contribution is -2.50. The molecule has 0 spiro atoms. The second kappa shape index (κ2) is 12.6. The summed E-state index contributed by atoms with van der Waals surface area (Å²) in [6.07, 6.45) is -0.309. The molecule has 0 N–H and O–H groups in total. The van der Waals surface area contributed by atoms with E-state index in [4.69, 9.17) is 14.2 Å². The molecule has 4 rings (SSSR count). The van der Waals surface area contributed by atoms with Gasteiger partial charge >= 0.3 is 5.97 Å². The first-order valence-corrected chi connectivity index (χ1v) is 12.3. The van der Waals surface area contributed by atoms with Crippen LogP contribution in [0.3, 0.4) is 0 Å². The van der Waals surface area contributed by atoms with E-state index in [-0.39, 0.29) is 6.10 Å². The number of nitrogens with zero attached hydrogens (tertiary/aromatic N) is 2. The molecule has 1 aliphatic rings. The van der Waals surface area contributed by atoms with Crippen molar-refractivity contribution in [1.29, 1.82) is 0 Å². The van der Waals surface area contributed by atoms with Crippen LogP contribution >= 0.6 is 0 Å². The Kier molecular flexibility index (Phi) is 9.04. The van der Waals surface area contributed by atoms with Crippen LogP contribution in [0.25, 0.3) is 0 Å². The molecule has 7 nitrogen and oxygen atoms in total. The van der Waals surface area contributed by atoms with Gasteiger partial charge in [0.2, 0.25) is 0 Å². The van der Waals surface area contributed by atoms with E-state index in [2.05, 4.69) is 4.90 Å². The van der Waals surface area contributed by atoms with Gasteiger partial charge in [-0.05, 0) is 47.5 Å². The minimum absolute atomic E-state index is 0.309. The minimum atomic E-state index is -0.858. The van der Waals surface area contributed by atoms with Gasteiger partial charge in [-0.15, -0.1) is 0 Å². The van der Waals surface area contributed by atoms with Gasteiger partial charge < -0.3 is 19.1 Å². The lowest BCUT2D eigenvalue weighted by molar-refractivity contribution is 0.00322. The van der Waals surface area contributed by atoms with Crippen LogP contribution in [0.1, 0.15) is 37.9 Å². The second-order valence-electron chi connectivity index (χ2n) is 8.95. The molecule has 3 aromatic carbocycles. The van der Waals surface area contributed by atoms with Crippen molar-refractivity contribution in [3.63, 3.8) is 0 Å². The molecule has 0 bridgehead atoms. The van der Waals surface area contributed by atoms with Gasteiger partial charge in [-0.25, -0.2) is 13.6 Å². The Labute approximate surface area is 220 Å². The van der Waals surface area contributed by atoms with Crippen LogP contribution in [-0.4, -0.2) is 68.6 Å². The Morgan fingerprint density at radius 3 is 2.18 bits per heavy atom. The van der Waals surface area contributed by atoms with E-state index in [1.165, 1.54) is 18.1 Å². The van der Waals surface area contributed by atoms with E-state index >= 15 is 0 Å². The van der Waals surface area contributed by atoms with Crippen LogP contribution in [0, 0.1) is 11.6 Å². The van der Waals surface area contributed by atoms with Gasteiger partial charge in [0.15, 0.2) is 0 Å². The molecule has 1 heterocycles. The number of piperazine rings is 1. The van der Waals surface area contributed by atoms with Gasteiger partial charge in [0, 0.05) is 32.7 Å². The quantitative estimate of drug-likeness (QED) is 0.385. The summed E-state index contributed by atoms with van der Waals surface area (Å²) in [7, 11) is 2.94. The summed E-state index contributed by atoms with van der Waals surface area (Å²) in [4.78, 5) is 28.1. The van der Waals surface area contributed by atoms with Crippen LogP contribution in [0.5, 0.6) is 5.75 Å². The van der Waals surface area contributed by atoms with Crippen molar-refractivity contribution in [1.82, 2.24) is 9.80 Å². The molecular formula is C29H30F2N2O5. The van der Waals surface area contributed by atoms with Gasteiger partial charge in [-0.1, -0.05) is 30.3 Å². The molecule has 3 aromatic rings. The van der Waals surface area contributed by atoms with E-state index in [1.807, 2.05) is 36.4 Å². The van der Waals surface area contributed by atoms with Gasteiger partial charge in [0.25, 0.3) is 5.91 Å². The fourth-order valence-corrected chi connectivity index (χ4v) is 4.38. The Hall–Kier alpha value is -3.82. The number of ether oxygens (including phenoxy) is 3. The molecule has 0 unspecified atom stereocenters. The maximum absolute atomic E-state index is 14.1. The molecule has 0 saturated carbocycles. The zero-order valence-corrected chi connectivity index (χ0v) is 21.4. The minimum Gasteiger partial charge on any atom is -0.497 e. The monoisotopic (exact) mass is 524 g/mol. The second-order valence-corrected chi connectivity index (χ2v) is 8.95. The van der Waals surface area contributed by atoms with E-state index in [9.17, 15) is 18.4 Å². The van der Waals surface area contributed by atoms with Crippen LogP contribution in [0.15, 0.2) is 66.7 Å². The third kappa shape index (κ3) is 6.54. The number of hydrogen-bond donors (Lipinski definition) is 0.